The van der Waals surface area contributed by atoms with Gasteiger partial charge in [-0.1, -0.05) is 29.0 Å². The number of carbonyl (C=O) groups excluding carboxylic acids is 1. The molecule has 116 valence electrons. The number of amides is 2. The lowest BCUT2D eigenvalue weighted by Crippen LogP contribution is -2.51. The molecule has 1 aliphatic heterocycles. The highest BCUT2D eigenvalue weighted by Gasteiger charge is 2.22. The van der Waals surface area contributed by atoms with Crippen molar-refractivity contribution in [2.24, 2.45) is 0 Å². The summed E-state index contributed by atoms with van der Waals surface area (Å²) in [4.78, 5) is 20.6. The summed E-state index contributed by atoms with van der Waals surface area (Å²) in [6, 6.07) is 5.71. The summed E-state index contributed by atoms with van der Waals surface area (Å²) in [6.45, 7) is 7.06. The van der Waals surface area contributed by atoms with Gasteiger partial charge in [-0.05, 0) is 18.2 Å². The van der Waals surface area contributed by atoms with Gasteiger partial charge in [-0.15, -0.1) is 6.58 Å². The molecule has 1 fully saturated rings. The number of carbonyl (C=O) groups is 1. The number of rotatable bonds is 3. The van der Waals surface area contributed by atoms with Crippen molar-refractivity contribution >= 4 is 44.3 Å². The van der Waals surface area contributed by atoms with Crippen LogP contribution in [0.15, 0.2) is 30.9 Å². The molecule has 0 radical (unpaired) electrons. The Balaban J connectivity index is 1.65. The first-order valence-electron chi connectivity index (χ1n) is 7.12. The van der Waals surface area contributed by atoms with Gasteiger partial charge in [0.05, 0.1) is 10.2 Å². The first-order chi connectivity index (χ1) is 10.7. The van der Waals surface area contributed by atoms with Crippen LogP contribution in [0.3, 0.4) is 0 Å². The normalized spacial score (nSPS) is 15.1. The molecular weight excluding hydrogens is 320 g/mol. The van der Waals surface area contributed by atoms with E-state index >= 15 is 0 Å². The molecule has 1 N–H and O–H groups in total. The summed E-state index contributed by atoms with van der Waals surface area (Å²) >= 11 is 7.66. The number of anilines is 1. The minimum Gasteiger partial charge on any atom is -0.345 e. The molecule has 1 aromatic carbocycles. The van der Waals surface area contributed by atoms with E-state index in [0.717, 1.165) is 33.5 Å². The minimum absolute atomic E-state index is 0.0318. The Morgan fingerprint density at radius 3 is 2.91 bits per heavy atom. The van der Waals surface area contributed by atoms with Crippen LogP contribution >= 0.6 is 22.9 Å². The SMILES string of the molecule is C=CCNC(=O)N1CCN(c2nc3ccc(Cl)cc3s2)CC1. The smallest absolute Gasteiger partial charge is 0.317 e. The first-order valence-corrected chi connectivity index (χ1v) is 8.31. The molecule has 0 spiro atoms. The molecule has 3 rings (SSSR count). The van der Waals surface area contributed by atoms with Crippen molar-refractivity contribution in [2.75, 3.05) is 37.6 Å². The number of nitrogens with one attached hydrogen (secondary N) is 1. The van der Waals surface area contributed by atoms with Crippen molar-refractivity contribution in [1.29, 1.82) is 0 Å². The van der Waals surface area contributed by atoms with Gasteiger partial charge in [-0.25, -0.2) is 9.78 Å². The van der Waals surface area contributed by atoms with E-state index < -0.39 is 0 Å². The molecule has 5 nitrogen and oxygen atoms in total. The van der Waals surface area contributed by atoms with Crippen LogP contribution in [0.4, 0.5) is 9.93 Å². The van der Waals surface area contributed by atoms with Gasteiger partial charge in [-0.2, -0.15) is 0 Å². The summed E-state index contributed by atoms with van der Waals surface area (Å²) < 4.78 is 1.09. The van der Waals surface area contributed by atoms with Crippen LogP contribution in [-0.2, 0) is 0 Å². The number of urea groups is 1. The lowest BCUT2D eigenvalue weighted by molar-refractivity contribution is 0.195. The van der Waals surface area contributed by atoms with Crippen LogP contribution in [0.5, 0.6) is 0 Å². The van der Waals surface area contributed by atoms with Crippen molar-refractivity contribution < 1.29 is 4.79 Å². The molecule has 1 aliphatic rings. The van der Waals surface area contributed by atoms with E-state index in [4.69, 9.17) is 11.6 Å². The minimum atomic E-state index is -0.0318. The van der Waals surface area contributed by atoms with E-state index in [-0.39, 0.29) is 6.03 Å². The number of aromatic nitrogens is 1. The number of fused-ring (bicyclic) bond motifs is 1. The van der Waals surface area contributed by atoms with Crippen molar-refractivity contribution in [3.05, 3.63) is 35.9 Å². The van der Waals surface area contributed by atoms with Crippen LogP contribution in [0.2, 0.25) is 5.02 Å². The lowest BCUT2D eigenvalue weighted by atomic mass is 10.3. The first kappa shape index (κ1) is 15.1. The van der Waals surface area contributed by atoms with Crippen molar-refractivity contribution in [2.45, 2.75) is 0 Å². The van der Waals surface area contributed by atoms with Gasteiger partial charge in [0.2, 0.25) is 0 Å². The second-order valence-electron chi connectivity index (χ2n) is 5.06. The molecule has 1 aromatic heterocycles. The number of hydrogen-bond donors (Lipinski definition) is 1. The van der Waals surface area contributed by atoms with Crippen molar-refractivity contribution in [3.8, 4) is 0 Å². The third kappa shape index (κ3) is 3.18. The Bertz CT molecular complexity index is 694. The largest absolute Gasteiger partial charge is 0.345 e. The Morgan fingerprint density at radius 1 is 1.41 bits per heavy atom. The quantitative estimate of drug-likeness (QED) is 0.877. The maximum absolute atomic E-state index is 11.9. The zero-order valence-electron chi connectivity index (χ0n) is 12.1. The number of benzene rings is 1. The van der Waals surface area contributed by atoms with Crippen LogP contribution in [0.25, 0.3) is 10.2 Å². The highest BCUT2D eigenvalue weighted by Crippen LogP contribution is 2.31. The van der Waals surface area contributed by atoms with Gasteiger partial charge in [0, 0.05) is 37.7 Å². The summed E-state index contributed by atoms with van der Waals surface area (Å²) in [5.74, 6) is 0. The number of nitrogens with zero attached hydrogens (tertiary/aromatic N) is 3. The summed E-state index contributed by atoms with van der Waals surface area (Å²) in [5.41, 5.74) is 0.968. The van der Waals surface area contributed by atoms with E-state index in [1.54, 1.807) is 17.4 Å². The Labute approximate surface area is 138 Å². The molecule has 0 unspecified atom stereocenters. The average molecular weight is 337 g/mol. The fourth-order valence-corrected chi connectivity index (χ4v) is 3.69. The van der Waals surface area contributed by atoms with Crippen LogP contribution < -0.4 is 10.2 Å². The summed E-state index contributed by atoms with van der Waals surface area (Å²) in [7, 11) is 0. The number of piperazine rings is 1. The third-order valence-corrected chi connectivity index (χ3v) is 4.89. The van der Waals surface area contributed by atoms with Crippen molar-refractivity contribution in [1.82, 2.24) is 15.2 Å². The molecule has 2 heterocycles. The molecule has 2 amide bonds. The zero-order chi connectivity index (χ0) is 15.5. The van der Waals surface area contributed by atoms with Gasteiger partial charge in [0.15, 0.2) is 5.13 Å². The topological polar surface area (TPSA) is 48.5 Å². The predicted molar refractivity (Wildman–Crippen MR) is 92.0 cm³/mol. The maximum atomic E-state index is 11.9. The second-order valence-corrected chi connectivity index (χ2v) is 6.50. The van der Waals surface area contributed by atoms with Crippen LogP contribution in [0, 0.1) is 0 Å². The molecule has 2 aromatic rings. The van der Waals surface area contributed by atoms with Gasteiger partial charge < -0.3 is 15.1 Å². The molecule has 22 heavy (non-hydrogen) atoms. The van der Waals surface area contributed by atoms with Crippen LogP contribution in [-0.4, -0.2) is 48.6 Å². The van der Waals surface area contributed by atoms with Crippen LogP contribution in [0.1, 0.15) is 0 Å². The standard InChI is InChI=1S/C15H17ClN4OS/c1-2-5-17-14(21)19-6-8-20(9-7-19)15-18-12-4-3-11(16)10-13(12)22-15/h2-4,10H,1,5-9H2,(H,17,21). The third-order valence-electron chi connectivity index (χ3n) is 3.57. The number of thiazole rings is 1. The summed E-state index contributed by atoms with van der Waals surface area (Å²) in [5, 5.41) is 4.52. The van der Waals surface area contributed by atoms with E-state index in [0.29, 0.717) is 19.6 Å². The van der Waals surface area contributed by atoms with E-state index in [1.807, 2.05) is 23.1 Å². The predicted octanol–water partition coefficient (Wildman–Crippen LogP) is 2.97. The fraction of sp³-hybridized carbons (Fsp3) is 0.333. The molecule has 0 atom stereocenters. The molecular formula is C15H17ClN4OS. The highest BCUT2D eigenvalue weighted by molar-refractivity contribution is 7.22. The van der Waals surface area contributed by atoms with Crippen molar-refractivity contribution in [3.63, 3.8) is 0 Å². The van der Waals surface area contributed by atoms with E-state index in [2.05, 4.69) is 21.8 Å². The number of hydrogen-bond acceptors (Lipinski definition) is 4. The Kier molecular flexibility index (Phi) is 4.49. The number of halogens is 1. The molecule has 0 saturated carbocycles. The van der Waals surface area contributed by atoms with Gasteiger partial charge >= 0.3 is 6.03 Å². The van der Waals surface area contributed by atoms with Gasteiger partial charge in [-0.3, -0.25) is 0 Å². The molecule has 7 heteroatoms. The molecule has 0 bridgehead atoms. The fourth-order valence-electron chi connectivity index (χ4n) is 2.39. The van der Waals surface area contributed by atoms with E-state index in [9.17, 15) is 4.79 Å². The summed E-state index contributed by atoms with van der Waals surface area (Å²) in [6.07, 6.45) is 1.68. The Hall–Kier alpha value is -1.79. The lowest BCUT2D eigenvalue weighted by Gasteiger charge is -2.34. The van der Waals surface area contributed by atoms with E-state index in [1.165, 1.54) is 0 Å². The highest BCUT2D eigenvalue weighted by atomic mass is 35.5. The van der Waals surface area contributed by atoms with Gasteiger partial charge in [0.1, 0.15) is 0 Å². The van der Waals surface area contributed by atoms with Gasteiger partial charge in [0.25, 0.3) is 0 Å². The molecule has 1 saturated heterocycles. The molecule has 0 aliphatic carbocycles. The monoisotopic (exact) mass is 336 g/mol. The Morgan fingerprint density at radius 2 is 2.18 bits per heavy atom. The average Bonchev–Trinajstić information content (AvgIpc) is 2.95. The second kappa shape index (κ2) is 6.54. The maximum Gasteiger partial charge on any atom is 0.317 e. The zero-order valence-corrected chi connectivity index (χ0v) is 13.7.